The zero-order valence-electron chi connectivity index (χ0n) is 17.0. The average molecular weight is 383 g/mol. The van der Waals surface area contributed by atoms with E-state index in [1.54, 1.807) is 18.3 Å². The van der Waals surface area contributed by atoms with Gasteiger partial charge in [-0.15, -0.1) is 0 Å². The van der Waals surface area contributed by atoms with Crippen LogP contribution in [-0.4, -0.2) is 17.4 Å². The van der Waals surface area contributed by atoms with E-state index in [1.165, 1.54) is 11.6 Å². The summed E-state index contributed by atoms with van der Waals surface area (Å²) < 4.78 is 13.8. The molecule has 1 heterocycles. The summed E-state index contributed by atoms with van der Waals surface area (Å²) in [5.74, 6) is 0.308. The summed E-state index contributed by atoms with van der Waals surface area (Å²) in [4.78, 5) is 16.7. The maximum absolute atomic E-state index is 13.8. The Morgan fingerprint density at radius 2 is 2.14 bits per heavy atom. The molecule has 1 aromatic heterocycles. The van der Waals surface area contributed by atoms with E-state index in [0.717, 1.165) is 44.1 Å². The summed E-state index contributed by atoms with van der Waals surface area (Å²) in [7, 11) is 0. The lowest BCUT2D eigenvalue weighted by Gasteiger charge is -2.31. The van der Waals surface area contributed by atoms with Crippen LogP contribution in [0.15, 0.2) is 48.8 Å². The van der Waals surface area contributed by atoms with Gasteiger partial charge >= 0.3 is 0 Å². The molecule has 0 aliphatic heterocycles. The lowest BCUT2D eigenvalue weighted by atomic mass is 9.73. The molecule has 3 nitrogen and oxygen atoms in total. The number of amides is 1. The number of carbonyl (C=O) groups excluding carboxylic acids is 1. The van der Waals surface area contributed by atoms with Crippen molar-refractivity contribution in [2.45, 2.75) is 57.8 Å². The Bertz CT molecular complexity index is 779. The number of carbonyl (C=O) groups is 1. The van der Waals surface area contributed by atoms with Crippen LogP contribution in [0.3, 0.4) is 0 Å². The molecule has 1 amide bonds. The standard InChI is InChI=1S/C24H31FN2O/c1-3-12-24(2,19-10-6-11-20(25)15-19)22-16-21(22)23(28)27-14-5-4-8-18-9-7-13-26-17-18/h6-7,9-11,13,15,17,21-22H,3-5,8,12,14,16H2,1-2H3,(H,27,28)/t21-,22?,24?/m0/s1. The SMILES string of the molecule is CCCC(C)(c1cccc(F)c1)C1C[C@@H]1C(=O)NCCCCc1cccnc1. The van der Waals surface area contributed by atoms with Crippen LogP contribution in [0.4, 0.5) is 4.39 Å². The van der Waals surface area contributed by atoms with Gasteiger partial charge in [-0.3, -0.25) is 9.78 Å². The van der Waals surface area contributed by atoms with E-state index in [-0.39, 0.29) is 23.1 Å². The lowest BCUT2D eigenvalue weighted by molar-refractivity contribution is -0.122. The quantitative estimate of drug-likeness (QED) is 0.584. The molecule has 4 heteroatoms. The van der Waals surface area contributed by atoms with E-state index in [4.69, 9.17) is 0 Å². The Labute approximate surface area is 167 Å². The second-order valence-electron chi connectivity index (χ2n) is 8.24. The molecule has 1 fully saturated rings. The van der Waals surface area contributed by atoms with Crippen LogP contribution in [0.25, 0.3) is 0 Å². The van der Waals surface area contributed by atoms with Gasteiger partial charge in [-0.2, -0.15) is 0 Å². The van der Waals surface area contributed by atoms with Crippen molar-refractivity contribution in [1.29, 1.82) is 0 Å². The molecular formula is C24H31FN2O. The van der Waals surface area contributed by atoms with Gasteiger partial charge < -0.3 is 5.32 Å². The zero-order chi connectivity index (χ0) is 20.0. The van der Waals surface area contributed by atoms with Gasteiger partial charge in [-0.05, 0) is 72.8 Å². The molecule has 1 aliphatic carbocycles. The van der Waals surface area contributed by atoms with Crippen LogP contribution < -0.4 is 5.32 Å². The van der Waals surface area contributed by atoms with Crippen molar-refractivity contribution in [2.24, 2.45) is 11.8 Å². The van der Waals surface area contributed by atoms with Crippen LogP contribution in [-0.2, 0) is 16.6 Å². The highest BCUT2D eigenvalue weighted by atomic mass is 19.1. The fourth-order valence-corrected chi connectivity index (χ4v) is 4.44. The minimum absolute atomic E-state index is 0.0538. The molecule has 0 saturated heterocycles. The van der Waals surface area contributed by atoms with Crippen molar-refractivity contribution in [3.63, 3.8) is 0 Å². The largest absolute Gasteiger partial charge is 0.356 e. The number of hydrogen-bond donors (Lipinski definition) is 1. The molecule has 0 bridgehead atoms. The van der Waals surface area contributed by atoms with Crippen molar-refractivity contribution < 1.29 is 9.18 Å². The van der Waals surface area contributed by atoms with E-state index in [0.29, 0.717) is 12.5 Å². The monoisotopic (exact) mass is 382 g/mol. The number of hydrogen-bond acceptors (Lipinski definition) is 2. The third kappa shape index (κ3) is 4.98. The van der Waals surface area contributed by atoms with Crippen LogP contribution >= 0.6 is 0 Å². The third-order valence-corrected chi connectivity index (χ3v) is 6.11. The molecule has 3 atom stereocenters. The number of nitrogens with one attached hydrogen (secondary N) is 1. The second-order valence-corrected chi connectivity index (χ2v) is 8.24. The van der Waals surface area contributed by atoms with Crippen LogP contribution in [0.5, 0.6) is 0 Å². The average Bonchev–Trinajstić information content (AvgIpc) is 3.50. The second kappa shape index (κ2) is 9.31. The fraction of sp³-hybridized carbons (Fsp3) is 0.500. The molecule has 2 aromatic rings. The molecule has 1 saturated carbocycles. The maximum Gasteiger partial charge on any atom is 0.223 e. The van der Waals surface area contributed by atoms with Gasteiger partial charge in [-0.1, -0.05) is 38.5 Å². The number of rotatable bonds is 10. The predicted octanol–water partition coefficient (Wildman–Crippen LogP) is 5.05. The maximum atomic E-state index is 13.8. The third-order valence-electron chi connectivity index (χ3n) is 6.11. The minimum atomic E-state index is -0.199. The molecular weight excluding hydrogens is 351 g/mol. The molecule has 0 radical (unpaired) electrons. The summed E-state index contributed by atoms with van der Waals surface area (Å²) in [6, 6.07) is 10.9. The first-order valence-corrected chi connectivity index (χ1v) is 10.5. The van der Waals surface area contributed by atoms with E-state index in [9.17, 15) is 9.18 Å². The Morgan fingerprint density at radius 3 is 2.86 bits per heavy atom. The van der Waals surface area contributed by atoms with Crippen LogP contribution in [0, 0.1) is 17.7 Å². The van der Waals surface area contributed by atoms with Gasteiger partial charge in [0.2, 0.25) is 5.91 Å². The van der Waals surface area contributed by atoms with Gasteiger partial charge in [0.15, 0.2) is 0 Å². The highest BCUT2D eigenvalue weighted by Crippen LogP contribution is 2.54. The van der Waals surface area contributed by atoms with Crippen LogP contribution in [0.2, 0.25) is 0 Å². The molecule has 3 rings (SSSR count). The van der Waals surface area contributed by atoms with Gasteiger partial charge in [0.1, 0.15) is 5.82 Å². The minimum Gasteiger partial charge on any atom is -0.356 e. The Morgan fingerprint density at radius 1 is 1.29 bits per heavy atom. The smallest absolute Gasteiger partial charge is 0.223 e. The molecule has 1 aliphatic rings. The number of pyridine rings is 1. The summed E-state index contributed by atoms with van der Waals surface area (Å²) in [5, 5.41) is 3.11. The number of benzene rings is 1. The highest BCUT2D eigenvalue weighted by molar-refractivity contribution is 5.82. The van der Waals surface area contributed by atoms with Crippen molar-refractivity contribution in [2.75, 3.05) is 6.54 Å². The molecule has 1 aromatic carbocycles. The van der Waals surface area contributed by atoms with Crippen molar-refractivity contribution in [3.8, 4) is 0 Å². The number of aryl methyl sites for hydroxylation is 1. The summed E-state index contributed by atoms with van der Waals surface area (Å²) in [6.45, 7) is 5.06. The predicted molar refractivity (Wildman–Crippen MR) is 110 cm³/mol. The Hall–Kier alpha value is -2.23. The Kier molecular flexibility index (Phi) is 6.82. The highest BCUT2D eigenvalue weighted by Gasteiger charge is 2.53. The number of aromatic nitrogens is 1. The van der Waals surface area contributed by atoms with Crippen LogP contribution in [0.1, 0.15) is 57.1 Å². The fourth-order valence-electron chi connectivity index (χ4n) is 4.44. The summed E-state index contributed by atoms with van der Waals surface area (Å²) in [5.41, 5.74) is 2.12. The van der Waals surface area contributed by atoms with E-state index < -0.39 is 0 Å². The molecule has 2 unspecified atom stereocenters. The zero-order valence-corrected chi connectivity index (χ0v) is 17.0. The number of halogens is 1. The molecule has 28 heavy (non-hydrogen) atoms. The van der Waals surface area contributed by atoms with Crippen molar-refractivity contribution >= 4 is 5.91 Å². The molecule has 0 spiro atoms. The van der Waals surface area contributed by atoms with E-state index >= 15 is 0 Å². The van der Waals surface area contributed by atoms with E-state index in [2.05, 4.69) is 30.2 Å². The van der Waals surface area contributed by atoms with Gasteiger partial charge in [0, 0.05) is 24.9 Å². The summed E-state index contributed by atoms with van der Waals surface area (Å²) in [6.07, 6.45) is 9.56. The normalized spacial score (nSPS) is 20.4. The first kappa shape index (κ1) is 20.5. The topological polar surface area (TPSA) is 42.0 Å². The first-order chi connectivity index (χ1) is 13.5. The lowest BCUT2D eigenvalue weighted by Crippen LogP contribution is -2.31. The van der Waals surface area contributed by atoms with Gasteiger partial charge in [0.05, 0.1) is 0 Å². The molecule has 150 valence electrons. The van der Waals surface area contributed by atoms with Crippen molar-refractivity contribution in [3.05, 3.63) is 65.7 Å². The Balaban J connectivity index is 1.48. The van der Waals surface area contributed by atoms with Gasteiger partial charge in [0.25, 0.3) is 0 Å². The van der Waals surface area contributed by atoms with Gasteiger partial charge in [-0.25, -0.2) is 4.39 Å². The first-order valence-electron chi connectivity index (χ1n) is 10.5. The summed E-state index contributed by atoms with van der Waals surface area (Å²) >= 11 is 0. The van der Waals surface area contributed by atoms with E-state index in [1.807, 2.05) is 18.3 Å². The number of unbranched alkanes of at least 4 members (excludes halogenated alkanes) is 1. The molecule has 1 N–H and O–H groups in total. The number of nitrogens with zero attached hydrogens (tertiary/aromatic N) is 1. The van der Waals surface area contributed by atoms with Crippen molar-refractivity contribution in [1.82, 2.24) is 10.3 Å².